The lowest BCUT2D eigenvalue weighted by molar-refractivity contribution is -0.138. The minimum absolute atomic E-state index is 0.134. The molecule has 1 amide bonds. The number of halogens is 3. The van der Waals surface area contributed by atoms with Crippen LogP contribution in [0.25, 0.3) is 22.5 Å². The number of aromatic nitrogens is 4. The maximum atomic E-state index is 13.6. The van der Waals surface area contributed by atoms with E-state index in [0.29, 0.717) is 17.0 Å². The van der Waals surface area contributed by atoms with Crippen LogP contribution in [0.1, 0.15) is 37.5 Å². The van der Waals surface area contributed by atoms with E-state index >= 15 is 0 Å². The van der Waals surface area contributed by atoms with Gasteiger partial charge in [0.2, 0.25) is 0 Å². The Bertz CT molecular complexity index is 1640. The summed E-state index contributed by atoms with van der Waals surface area (Å²) in [4.78, 5) is 30.1. The molecule has 184 valence electrons. The Balaban J connectivity index is 1.69. The average Bonchev–Trinajstić information content (AvgIpc) is 3.45. The SMILES string of the molecule is Cn1cnnc1-c1ccc(C#N)cc1-c1cc(C(=O)O)nc(N2Cc3c(cccc3C(F)(F)F)C2=O)c1. The van der Waals surface area contributed by atoms with Gasteiger partial charge in [-0.05, 0) is 59.2 Å². The molecule has 0 aliphatic carbocycles. The number of amides is 1. The normalized spacial score (nSPS) is 12.9. The molecule has 37 heavy (non-hydrogen) atoms. The van der Waals surface area contributed by atoms with Gasteiger partial charge in [-0.25, -0.2) is 9.78 Å². The molecular weight excluding hydrogens is 489 g/mol. The molecule has 1 N–H and O–H groups in total. The van der Waals surface area contributed by atoms with Crippen molar-refractivity contribution in [1.29, 1.82) is 5.26 Å². The summed E-state index contributed by atoms with van der Waals surface area (Å²) in [6.45, 7) is -0.437. The van der Waals surface area contributed by atoms with Crippen molar-refractivity contribution in [2.45, 2.75) is 12.7 Å². The summed E-state index contributed by atoms with van der Waals surface area (Å²) < 4.78 is 42.4. The van der Waals surface area contributed by atoms with E-state index in [1.54, 1.807) is 23.7 Å². The van der Waals surface area contributed by atoms with Crippen LogP contribution in [-0.2, 0) is 19.8 Å². The second-order valence-electron chi connectivity index (χ2n) is 8.26. The van der Waals surface area contributed by atoms with Crippen molar-refractivity contribution >= 4 is 17.7 Å². The standard InChI is InChI=1S/C25H15F3N6O3/c1-33-12-30-32-22(33)15-6-5-13(10-29)7-17(15)14-8-20(24(36)37)31-21(9-14)34-11-18-16(23(34)35)3-2-4-19(18)25(26,27)28/h2-9,12H,11H2,1H3,(H,36,37). The summed E-state index contributed by atoms with van der Waals surface area (Å²) in [5.41, 5.74) is -0.252. The van der Waals surface area contributed by atoms with Gasteiger partial charge in [-0.1, -0.05) is 6.07 Å². The van der Waals surface area contributed by atoms with Gasteiger partial charge in [0.1, 0.15) is 12.1 Å². The summed E-state index contributed by atoms with van der Waals surface area (Å²) in [7, 11) is 1.70. The lowest BCUT2D eigenvalue weighted by Gasteiger charge is -2.18. The van der Waals surface area contributed by atoms with Crippen LogP contribution in [-0.4, -0.2) is 36.7 Å². The monoisotopic (exact) mass is 504 g/mol. The number of aromatic carboxylic acids is 1. The van der Waals surface area contributed by atoms with Gasteiger partial charge in [0.05, 0.1) is 23.7 Å². The number of carbonyl (C=O) groups excluding carboxylic acids is 1. The number of fused-ring (bicyclic) bond motifs is 1. The molecule has 0 bridgehead atoms. The molecule has 3 heterocycles. The van der Waals surface area contributed by atoms with Crippen molar-refractivity contribution < 1.29 is 27.9 Å². The third-order valence-electron chi connectivity index (χ3n) is 5.99. The molecular formula is C25H15F3N6O3. The lowest BCUT2D eigenvalue weighted by Crippen LogP contribution is -2.25. The number of hydrogen-bond acceptors (Lipinski definition) is 6. The van der Waals surface area contributed by atoms with Gasteiger partial charge < -0.3 is 9.67 Å². The summed E-state index contributed by atoms with van der Waals surface area (Å²) in [6.07, 6.45) is -3.21. The first-order valence-corrected chi connectivity index (χ1v) is 10.7. The number of carboxylic acids is 1. The van der Waals surface area contributed by atoms with E-state index in [1.165, 1.54) is 30.6 Å². The molecule has 0 atom stereocenters. The number of alkyl halides is 3. The Morgan fingerprint density at radius 3 is 2.54 bits per heavy atom. The van der Waals surface area contributed by atoms with Crippen molar-refractivity contribution in [2.24, 2.45) is 7.05 Å². The topological polar surface area (TPSA) is 125 Å². The van der Waals surface area contributed by atoms with Crippen molar-refractivity contribution in [3.63, 3.8) is 0 Å². The fourth-order valence-electron chi connectivity index (χ4n) is 4.28. The number of carbonyl (C=O) groups is 2. The third-order valence-corrected chi connectivity index (χ3v) is 5.99. The third kappa shape index (κ3) is 4.06. The minimum Gasteiger partial charge on any atom is -0.477 e. The Morgan fingerprint density at radius 2 is 1.89 bits per heavy atom. The Kier molecular flexibility index (Phi) is 5.48. The Labute approximate surface area is 207 Å². The fraction of sp³-hybridized carbons (Fsp3) is 0.120. The first-order chi connectivity index (χ1) is 17.6. The van der Waals surface area contributed by atoms with E-state index in [9.17, 15) is 33.1 Å². The molecule has 2 aromatic heterocycles. The van der Waals surface area contributed by atoms with Crippen LogP contribution in [0.5, 0.6) is 0 Å². The number of pyridine rings is 1. The summed E-state index contributed by atoms with van der Waals surface area (Å²) in [5, 5.41) is 27.1. The molecule has 0 radical (unpaired) electrons. The van der Waals surface area contributed by atoms with Crippen LogP contribution < -0.4 is 4.90 Å². The van der Waals surface area contributed by atoms with Gasteiger partial charge in [0, 0.05) is 18.2 Å². The van der Waals surface area contributed by atoms with Gasteiger partial charge >= 0.3 is 12.1 Å². The average molecular weight is 504 g/mol. The molecule has 0 spiro atoms. The van der Waals surface area contributed by atoms with Gasteiger partial charge in [0.15, 0.2) is 11.5 Å². The predicted molar refractivity (Wildman–Crippen MR) is 123 cm³/mol. The largest absolute Gasteiger partial charge is 0.477 e. The van der Waals surface area contributed by atoms with E-state index in [-0.39, 0.29) is 28.1 Å². The summed E-state index contributed by atoms with van der Waals surface area (Å²) in [5.74, 6) is -1.86. The molecule has 1 aliphatic heterocycles. The van der Waals surface area contributed by atoms with Crippen molar-refractivity contribution in [3.8, 4) is 28.6 Å². The second kappa shape index (κ2) is 8.56. The Hall–Kier alpha value is -5.05. The fourth-order valence-corrected chi connectivity index (χ4v) is 4.28. The van der Waals surface area contributed by atoms with Crippen molar-refractivity contribution in [1.82, 2.24) is 19.7 Å². The van der Waals surface area contributed by atoms with Crippen LogP contribution >= 0.6 is 0 Å². The maximum absolute atomic E-state index is 13.6. The number of nitriles is 1. The summed E-state index contributed by atoms with van der Waals surface area (Å²) in [6, 6.07) is 12.7. The van der Waals surface area contributed by atoms with Gasteiger partial charge in [-0.2, -0.15) is 18.4 Å². The second-order valence-corrected chi connectivity index (χ2v) is 8.26. The van der Waals surface area contributed by atoms with Crippen LogP contribution in [0, 0.1) is 11.3 Å². The van der Waals surface area contributed by atoms with Crippen LogP contribution in [0.15, 0.2) is 54.9 Å². The highest BCUT2D eigenvalue weighted by Crippen LogP contribution is 2.39. The molecule has 0 unspecified atom stereocenters. The number of carboxylic acid groups (broad SMARTS) is 1. The molecule has 0 saturated carbocycles. The zero-order valence-corrected chi connectivity index (χ0v) is 19.0. The number of anilines is 1. The van der Waals surface area contributed by atoms with Gasteiger partial charge in [-0.15, -0.1) is 10.2 Å². The number of hydrogen-bond donors (Lipinski definition) is 1. The number of nitrogens with zero attached hydrogens (tertiary/aromatic N) is 6. The molecule has 5 rings (SSSR count). The zero-order chi connectivity index (χ0) is 26.5. The lowest BCUT2D eigenvalue weighted by atomic mass is 9.96. The van der Waals surface area contributed by atoms with Crippen LogP contribution in [0.2, 0.25) is 0 Å². The molecule has 4 aromatic rings. The van der Waals surface area contributed by atoms with E-state index in [4.69, 9.17) is 0 Å². The highest BCUT2D eigenvalue weighted by molar-refractivity contribution is 6.10. The molecule has 9 nitrogen and oxygen atoms in total. The number of benzene rings is 2. The van der Waals surface area contributed by atoms with Crippen molar-refractivity contribution in [2.75, 3.05) is 4.90 Å². The molecule has 0 fully saturated rings. The maximum Gasteiger partial charge on any atom is 0.416 e. The Morgan fingerprint density at radius 1 is 1.11 bits per heavy atom. The van der Waals surface area contributed by atoms with Gasteiger partial charge in [0.25, 0.3) is 5.91 Å². The zero-order valence-electron chi connectivity index (χ0n) is 19.0. The predicted octanol–water partition coefficient (Wildman–Crippen LogP) is 4.29. The van der Waals surface area contributed by atoms with E-state index in [0.717, 1.165) is 17.0 Å². The summed E-state index contributed by atoms with van der Waals surface area (Å²) >= 11 is 0. The first-order valence-electron chi connectivity index (χ1n) is 10.7. The smallest absolute Gasteiger partial charge is 0.416 e. The van der Waals surface area contributed by atoms with E-state index < -0.39 is 35.9 Å². The van der Waals surface area contributed by atoms with Gasteiger partial charge in [-0.3, -0.25) is 9.69 Å². The molecule has 1 aliphatic rings. The molecule has 12 heteroatoms. The highest BCUT2D eigenvalue weighted by Gasteiger charge is 2.40. The van der Waals surface area contributed by atoms with Crippen LogP contribution in [0.4, 0.5) is 19.0 Å². The van der Waals surface area contributed by atoms with Crippen LogP contribution in [0.3, 0.4) is 0 Å². The van der Waals surface area contributed by atoms with Crippen molar-refractivity contribution in [3.05, 3.63) is 82.8 Å². The minimum atomic E-state index is -4.67. The van der Waals surface area contributed by atoms with E-state index in [2.05, 4.69) is 15.2 Å². The molecule has 2 aromatic carbocycles. The quantitative estimate of drug-likeness (QED) is 0.439. The number of rotatable bonds is 4. The highest BCUT2D eigenvalue weighted by atomic mass is 19.4. The number of aryl methyl sites for hydroxylation is 1. The first kappa shape index (κ1) is 23.7. The molecule has 0 saturated heterocycles. The van der Waals surface area contributed by atoms with E-state index in [1.807, 2.05) is 6.07 Å².